The van der Waals surface area contributed by atoms with Crippen molar-refractivity contribution in [2.45, 2.75) is 38.8 Å². The lowest BCUT2D eigenvalue weighted by molar-refractivity contribution is -0.136. The van der Waals surface area contributed by atoms with Crippen LogP contribution in [-0.4, -0.2) is 28.4 Å². The van der Waals surface area contributed by atoms with Gasteiger partial charge in [-0.25, -0.2) is 4.98 Å². The minimum absolute atomic E-state index is 0.117. The number of thiazole rings is 1. The summed E-state index contributed by atoms with van der Waals surface area (Å²) in [5.41, 5.74) is 6.91. The van der Waals surface area contributed by atoms with Crippen molar-refractivity contribution < 1.29 is 4.79 Å². The smallest absolute Gasteiger partial charge is 0.227 e. The van der Waals surface area contributed by atoms with E-state index in [4.69, 9.17) is 10.7 Å². The molecule has 2 N–H and O–H groups in total. The molecule has 1 aliphatic heterocycles. The zero-order chi connectivity index (χ0) is 15.0. The van der Waals surface area contributed by atoms with E-state index in [0.29, 0.717) is 0 Å². The van der Waals surface area contributed by atoms with Crippen molar-refractivity contribution >= 4 is 27.5 Å². The molecule has 21 heavy (non-hydrogen) atoms. The average Bonchev–Trinajstić information content (AvgIpc) is 3.11. The Morgan fingerprint density at radius 2 is 2.19 bits per heavy atom. The van der Waals surface area contributed by atoms with E-state index >= 15 is 0 Å². The Hall–Kier alpha value is -1.46. The molecule has 4 nitrogen and oxygen atoms in total. The molecule has 0 spiro atoms. The van der Waals surface area contributed by atoms with Crippen molar-refractivity contribution in [3.05, 3.63) is 29.3 Å². The second-order valence-corrected chi connectivity index (χ2v) is 6.92. The molecule has 0 radical (unpaired) electrons. The topological polar surface area (TPSA) is 59.2 Å². The maximum Gasteiger partial charge on any atom is 0.227 e. The van der Waals surface area contributed by atoms with Crippen LogP contribution in [0.3, 0.4) is 0 Å². The number of nitrogens with two attached hydrogens (primary N) is 1. The average molecular weight is 303 g/mol. The zero-order valence-corrected chi connectivity index (χ0v) is 13.3. The predicted octanol–water partition coefficient (Wildman–Crippen LogP) is 2.94. The van der Waals surface area contributed by atoms with Crippen molar-refractivity contribution in [2.75, 3.05) is 6.54 Å². The van der Waals surface area contributed by atoms with Crippen LogP contribution < -0.4 is 5.73 Å². The van der Waals surface area contributed by atoms with Crippen molar-refractivity contribution in [1.29, 1.82) is 0 Å². The lowest BCUT2D eigenvalue weighted by atomic mass is 10.0. The van der Waals surface area contributed by atoms with Crippen molar-refractivity contribution in [2.24, 2.45) is 11.7 Å². The summed E-state index contributed by atoms with van der Waals surface area (Å²) >= 11 is 1.70. The number of likely N-dealkylation sites (tertiary alicyclic amines) is 1. The molecule has 0 bridgehead atoms. The van der Waals surface area contributed by atoms with E-state index in [1.165, 1.54) is 4.70 Å². The van der Waals surface area contributed by atoms with Gasteiger partial charge in [-0.2, -0.15) is 0 Å². The van der Waals surface area contributed by atoms with Gasteiger partial charge >= 0.3 is 0 Å². The molecular weight excluding hydrogens is 282 g/mol. The van der Waals surface area contributed by atoms with Gasteiger partial charge in [0.1, 0.15) is 5.01 Å². The van der Waals surface area contributed by atoms with Crippen LogP contribution in [0.15, 0.2) is 24.3 Å². The van der Waals surface area contributed by atoms with Gasteiger partial charge in [0.2, 0.25) is 5.91 Å². The second-order valence-electron chi connectivity index (χ2n) is 5.86. The highest BCUT2D eigenvalue weighted by Gasteiger charge is 2.35. The van der Waals surface area contributed by atoms with Gasteiger partial charge < -0.3 is 10.6 Å². The van der Waals surface area contributed by atoms with E-state index < -0.39 is 0 Å². The summed E-state index contributed by atoms with van der Waals surface area (Å²) in [7, 11) is 0. The number of fused-ring (bicyclic) bond motifs is 1. The van der Waals surface area contributed by atoms with Crippen molar-refractivity contribution in [3.8, 4) is 0 Å². The molecule has 3 rings (SSSR count). The van der Waals surface area contributed by atoms with E-state index in [9.17, 15) is 4.79 Å². The third-order valence-electron chi connectivity index (χ3n) is 4.31. The van der Waals surface area contributed by atoms with Gasteiger partial charge in [0, 0.05) is 12.6 Å². The van der Waals surface area contributed by atoms with Crippen LogP contribution in [0.5, 0.6) is 0 Å². The number of hydrogen-bond donors (Lipinski definition) is 1. The Kier molecular flexibility index (Phi) is 3.95. The molecule has 1 aromatic carbocycles. The number of carbonyl (C=O) groups excluding carboxylic acids is 1. The lowest BCUT2D eigenvalue weighted by Crippen LogP contribution is -2.41. The lowest BCUT2D eigenvalue weighted by Gasteiger charge is -2.27. The highest BCUT2D eigenvalue weighted by atomic mass is 32.1. The predicted molar refractivity (Wildman–Crippen MR) is 86.1 cm³/mol. The summed E-state index contributed by atoms with van der Waals surface area (Å²) < 4.78 is 1.19. The molecular formula is C16H21N3OS. The van der Waals surface area contributed by atoms with Crippen LogP contribution in [0, 0.1) is 5.92 Å². The Balaban J connectivity index is 1.88. The van der Waals surface area contributed by atoms with E-state index in [-0.39, 0.29) is 23.9 Å². The highest BCUT2D eigenvalue weighted by molar-refractivity contribution is 7.18. The summed E-state index contributed by atoms with van der Waals surface area (Å²) in [5, 5.41) is 1.05. The van der Waals surface area contributed by atoms with Gasteiger partial charge in [-0.05, 0) is 31.9 Å². The van der Waals surface area contributed by atoms with Crippen LogP contribution in [0.1, 0.15) is 37.7 Å². The number of aromatic nitrogens is 1. The molecule has 3 atom stereocenters. The third kappa shape index (κ3) is 2.68. The second kappa shape index (κ2) is 5.73. The van der Waals surface area contributed by atoms with Crippen LogP contribution in [0.25, 0.3) is 10.2 Å². The largest absolute Gasteiger partial charge is 0.333 e. The van der Waals surface area contributed by atoms with E-state index in [1.807, 2.05) is 36.9 Å². The first-order valence-corrected chi connectivity index (χ1v) is 8.31. The summed E-state index contributed by atoms with van der Waals surface area (Å²) in [6.07, 6.45) is 2.04. The zero-order valence-electron chi connectivity index (χ0n) is 12.5. The summed E-state index contributed by atoms with van der Waals surface area (Å²) in [5.74, 6) is 0.0201. The highest BCUT2D eigenvalue weighted by Crippen LogP contribution is 2.37. The third-order valence-corrected chi connectivity index (χ3v) is 5.45. The standard InChI is InChI=1S/C16H21N3OS/c1-10(11(2)17)16(20)19-9-5-7-13(19)15-18-12-6-3-4-8-14(12)21-15/h3-4,6,8,10-11,13H,5,7,9,17H2,1-2H3. The van der Waals surface area contributed by atoms with Gasteiger partial charge in [0.15, 0.2) is 0 Å². The molecule has 0 aliphatic carbocycles. The molecule has 2 aromatic rings. The Bertz CT molecular complexity index is 619. The van der Waals surface area contributed by atoms with Gasteiger partial charge in [0.05, 0.1) is 22.2 Å². The molecule has 3 unspecified atom stereocenters. The number of hydrogen-bond acceptors (Lipinski definition) is 4. The monoisotopic (exact) mass is 303 g/mol. The Morgan fingerprint density at radius 3 is 2.90 bits per heavy atom. The molecule has 1 fully saturated rings. The molecule has 0 saturated carbocycles. The minimum Gasteiger partial charge on any atom is -0.333 e. The first kappa shape index (κ1) is 14.5. The molecule has 1 aromatic heterocycles. The van der Waals surface area contributed by atoms with Crippen molar-refractivity contribution in [1.82, 2.24) is 9.88 Å². The maximum atomic E-state index is 12.6. The van der Waals surface area contributed by atoms with E-state index in [2.05, 4.69) is 6.07 Å². The number of carbonyl (C=O) groups is 1. The fourth-order valence-electron chi connectivity index (χ4n) is 2.81. The van der Waals surface area contributed by atoms with Gasteiger partial charge in [-0.1, -0.05) is 19.1 Å². The van der Waals surface area contributed by atoms with Crippen LogP contribution in [0.2, 0.25) is 0 Å². The molecule has 1 aliphatic rings. The summed E-state index contributed by atoms with van der Waals surface area (Å²) in [4.78, 5) is 19.3. The van der Waals surface area contributed by atoms with Crippen LogP contribution >= 0.6 is 11.3 Å². The Labute approximate surface area is 129 Å². The SMILES string of the molecule is CC(N)C(C)C(=O)N1CCCC1c1nc2ccccc2s1. The number of amides is 1. The molecule has 1 saturated heterocycles. The minimum atomic E-state index is -0.139. The number of nitrogens with zero attached hydrogens (tertiary/aromatic N) is 2. The number of benzene rings is 1. The number of para-hydroxylation sites is 1. The molecule has 112 valence electrons. The summed E-state index contributed by atoms with van der Waals surface area (Å²) in [6, 6.07) is 8.15. The van der Waals surface area contributed by atoms with E-state index in [0.717, 1.165) is 29.9 Å². The Morgan fingerprint density at radius 1 is 1.43 bits per heavy atom. The summed E-state index contributed by atoms with van der Waals surface area (Å²) in [6.45, 7) is 4.63. The quantitative estimate of drug-likeness (QED) is 0.948. The van der Waals surface area contributed by atoms with Gasteiger partial charge in [-0.15, -0.1) is 11.3 Å². The normalized spacial score (nSPS) is 21.7. The molecule has 2 heterocycles. The van der Waals surface area contributed by atoms with Crippen molar-refractivity contribution in [3.63, 3.8) is 0 Å². The fourth-order valence-corrected chi connectivity index (χ4v) is 3.92. The first-order valence-electron chi connectivity index (χ1n) is 7.49. The van der Waals surface area contributed by atoms with Crippen LogP contribution in [-0.2, 0) is 4.79 Å². The van der Waals surface area contributed by atoms with Crippen LogP contribution in [0.4, 0.5) is 0 Å². The first-order chi connectivity index (χ1) is 10.1. The maximum absolute atomic E-state index is 12.6. The molecule has 5 heteroatoms. The van der Waals surface area contributed by atoms with E-state index in [1.54, 1.807) is 11.3 Å². The van der Waals surface area contributed by atoms with Gasteiger partial charge in [0.25, 0.3) is 0 Å². The fraction of sp³-hybridized carbons (Fsp3) is 0.500. The van der Waals surface area contributed by atoms with Gasteiger partial charge in [-0.3, -0.25) is 4.79 Å². The number of rotatable bonds is 3. The molecule has 1 amide bonds.